The smallest absolute Gasteiger partial charge is 0.241 e. The highest BCUT2D eigenvalue weighted by Gasteiger charge is 2.17. The summed E-state index contributed by atoms with van der Waals surface area (Å²) in [6.45, 7) is 3.86. The number of nitrogen functional groups attached to an aromatic ring is 1. The fraction of sp³-hybridized carbons (Fsp3) is 0.250. The summed E-state index contributed by atoms with van der Waals surface area (Å²) in [6, 6.07) is 4.83. The van der Waals surface area contributed by atoms with Gasteiger partial charge in [-0.2, -0.15) is 0 Å². The van der Waals surface area contributed by atoms with Gasteiger partial charge in [-0.3, -0.25) is 0 Å². The van der Waals surface area contributed by atoms with E-state index in [1.165, 1.54) is 17.4 Å². The summed E-state index contributed by atoms with van der Waals surface area (Å²) in [5, 5.41) is 0.739. The van der Waals surface area contributed by atoms with E-state index in [-0.39, 0.29) is 11.4 Å². The Morgan fingerprint density at radius 3 is 2.74 bits per heavy atom. The van der Waals surface area contributed by atoms with Crippen LogP contribution in [0.4, 0.5) is 5.69 Å². The van der Waals surface area contributed by atoms with E-state index in [9.17, 15) is 8.42 Å². The number of hydrogen-bond donors (Lipinski definition) is 2. The second-order valence-electron chi connectivity index (χ2n) is 4.21. The number of rotatable bonds is 4. The number of anilines is 1. The first-order valence-electron chi connectivity index (χ1n) is 5.65. The van der Waals surface area contributed by atoms with Crippen LogP contribution in [0.2, 0.25) is 0 Å². The van der Waals surface area contributed by atoms with E-state index in [1.807, 2.05) is 6.92 Å². The molecule has 0 amide bonds. The molecular weight excluding hydrogens is 282 g/mol. The number of aryl methyl sites for hydroxylation is 2. The number of thiazole rings is 1. The number of aromatic nitrogens is 1. The van der Waals surface area contributed by atoms with E-state index in [4.69, 9.17) is 5.73 Å². The van der Waals surface area contributed by atoms with Gasteiger partial charge in [0.1, 0.15) is 5.01 Å². The standard InChI is InChI=1S/C12H15N3O2S2/c1-8-3-4-10(13)5-11(8)19(16,17)15-7-12-14-6-9(2)18-12/h3-6,15H,7,13H2,1-2H3. The zero-order valence-electron chi connectivity index (χ0n) is 10.7. The second kappa shape index (κ2) is 5.28. The maximum atomic E-state index is 12.2. The summed E-state index contributed by atoms with van der Waals surface area (Å²) in [7, 11) is -3.57. The van der Waals surface area contributed by atoms with Gasteiger partial charge < -0.3 is 5.73 Å². The first kappa shape index (κ1) is 14.0. The Morgan fingerprint density at radius 1 is 1.37 bits per heavy atom. The minimum absolute atomic E-state index is 0.190. The summed E-state index contributed by atoms with van der Waals surface area (Å²) in [4.78, 5) is 5.38. The third-order valence-electron chi connectivity index (χ3n) is 2.58. The molecule has 0 fully saturated rings. The summed E-state index contributed by atoms with van der Waals surface area (Å²) in [5.74, 6) is 0. The predicted molar refractivity (Wildman–Crippen MR) is 76.5 cm³/mol. The van der Waals surface area contributed by atoms with Crippen molar-refractivity contribution < 1.29 is 8.42 Å². The molecule has 0 saturated heterocycles. The molecule has 1 aromatic carbocycles. The SMILES string of the molecule is Cc1cnc(CNS(=O)(=O)c2cc(N)ccc2C)s1. The summed E-state index contributed by atoms with van der Waals surface area (Å²) < 4.78 is 26.9. The Kier molecular flexibility index (Phi) is 3.88. The minimum atomic E-state index is -3.57. The maximum Gasteiger partial charge on any atom is 0.241 e. The van der Waals surface area contributed by atoms with Crippen molar-refractivity contribution >= 4 is 27.0 Å². The van der Waals surface area contributed by atoms with Gasteiger partial charge in [-0.25, -0.2) is 18.1 Å². The molecule has 0 spiro atoms. The molecule has 5 nitrogen and oxygen atoms in total. The highest BCUT2D eigenvalue weighted by Crippen LogP contribution is 2.19. The zero-order chi connectivity index (χ0) is 14.0. The first-order valence-corrected chi connectivity index (χ1v) is 7.95. The van der Waals surface area contributed by atoms with Gasteiger partial charge in [0.2, 0.25) is 10.0 Å². The van der Waals surface area contributed by atoms with Crippen LogP contribution in [0.1, 0.15) is 15.4 Å². The third-order valence-corrected chi connectivity index (χ3v) is 5.04. The molecule has 102 valence electrons. The van der Waals surface area contributed by atoms with Crippen LogP contribution in [-0.2, 0) is 16.6 Å². The minimum Gasteiger partial charge on any atom is -0.399 e. The lowest BCUT2D eigenvalue weighted by molar-refractivity contribution is 0.580. The first-order chi connectivity index (χ1) is 8.88. The van der Waals surface area contributed by atoms with Crippen LogP contribution < -0.4 is 10.5 Å². The van der Waals surface area contributed by atoms with Gasteiger partial charge in [0.25, 0.3) is 0 Å². The van der Waals surface area contributed by atoms with Crippen LogP contribution in [0.5, 0.6) is 0 Å². The lowest BCUT2D eigenvalue weighted by atomic mass is 10.2. The van der Waals surface area contributed by atoms with Crippen LogP contribution in [0.15, 0.2) is 29.3 Å². The lowest BCUT2D eigenvalue weighted by Crippen LogP contribution is -2.24. The molecule has 0 unspecified atom stereocenters. The van der Waals surface area contributed by atoms with E-state index >= 15 is 0 Å². The Hall–Kier alpha value is -1.44. The lowest BCUT2D eigenvalue weighted by Gasteiger charge is -2.09. The number of sulfonamides is 1. The monoisotopic (exact) mass is 297 g/mol. The molecule has 0 radical (unpaired) electrons. The fourth-order valence-electron chi connectivity index (χ4n) is 1.62. The molecule has 0 atom stereocenters. The van der Waals surface area contributed by atoms with Gasteiger partial charge in [0, 0.05) is 16.8 Å². The Labute approximate surface area is 116 Å². The summed E-state index contributed by atoms with van der Waals surface area (Å²) in [5.41, 5.74) is 6.72. The van der Waals surface area contributed by atoms with Crippen molar-refractivity contribution in [3.63, 3.8) is 0 Å². The van der Waals surface area contributed by atoms with E-state index in [2.05, 4.69) is 9.71 Å². The molecule has 2 rings (SSSR count). The normalized spacial score (nSPS) is 11.7. The topological polar surface area (TPSA) is 85.1 Å². The molecule has 0 aliphatic rings. The molecule has 1 heterocycles. The summed E-state index contributed by atoms with van der Waals surface area (Å²) in [6.07, 6.45) is 1.72. The van der Waals surface area contributed by atoms with Crippen LogP contribution in [0, 0.1) is 13.8 Å². The van der Waals surface area contributed by atoms with Crippen molar-refractivity contribution in [3.05, 3.63) is 39.8 Å². The van der Waals surface area contributed by atoms with Crippen LogP contribution in [0.25, 0.3) is 0 Å². The molecule has 0 bridgehead atoms. The van der Waals surface area contributed by atoms with Gasteiger partial charge in [0.05, 0.1) is 11.4 Å². The van der Waals surface area contributed by atoms with Gasteiger partial charge in [-0.05, 0) is 31.5 Å². The van der Waals surface area contributed by atoms with Crippen molar-refractivity contribution in [2.24, 2.45) is 0 Å². The average Bonchev–Trinajstić information content (AvgIpc) is 2.76. The third kappa shape index (κ3) is 3.31. The van der Waals surface area contributed by atoms with Crippen molar-refractivity contribution in [2.75, 3.05) is 5.73 Å². The fourth-order valence-corrected chi connectivity index (χ4v) is 3.71. The van der Waals surface area contributed by atoms with E-state index in [0.29, 0.717) is 11.3 Å². The Bertz CT molecular complexity index is 693. The van der Waals surface area contributed by atoms with E-state index < -0.39 is 10.0 Å². The number of nitrogens with two attached hydrogens (primary N) is 1. The Balaban J connectivity index is 2.20. The van der Waals surface area contributed by atoms with Gasteiger partial charge in [0.15, 0.2) is 0 Å². The van der Waals surface area contributed by atoms with Gasteiger partial charge >= 0.3 is 0 Å². The van der Waals surface area contributed by atoms with Crippen molar-refractivity contribution in [1.82, 2.24) is 9.71 Å². The average molecular weight is 297 g/mol. The molecule has 19 heavy (non-hydrogen) atoms. The zero-order valence-corrected chi connectivity index (χ0v) is 12.3. The number of nitrogens with one attached hydrogen (secondary N) is 1. The van der Waals surface area contributed by atoms with E-state index in [1.54, 1.807) is 25.3 Å². The molecule has 3 N–H and O–H groups in total. The van der Waals surface area contributed by atoms with Crippen molar-refractivity contribution in [3.8, 4) is 0 Å². The predicted octanol–water partition coefficient (Wildman–Crippen LogP) is 1.82. The molecule has 0 aliphatic heterocycles. The summed E-state index contributed by atoms with van der Waals surface area (Å²) >= 11 is 1.47. The van der Waals surface area contributed by atoms with Crippen molar-refractivity contribution in [2.45, 2.75) is 25.3 Å². The molecular formula is C12H15N3O2S2. The maximum absolute atomic E-state index is 12.2. The molecule has 7 heteroatoms. The van der Waals surface area contributed by atoms with Crippen molar-refractivity contribution in [1.29, 1.82) is 0 Å². The largest absolute Gasteiger partial charge is 0.399 e. The van der Waals surface area contributed by atoms with Gasteiger partial charge in [-0.1, -0.05) is 6.07 Å². The number of benzene rings is 1. The highest BCUT2D eigenvalue weighted by molar-refractivity contribution is 7.89. The van der Waals surface area contributed by atoms with Gasteiger partial charge in [-0.15, -0.1) is 11.3 Å². The molecule has 0 aliphatic carbocycles. The quantitative estimate of drug-likeness (QED) is 0.843. The Morgan fingerprint density at radius 2 is 2.11 bits per heavy atom. The highest BCUT2D eigenvalue weighted by atomic mass is 32.2. The molecule has 0 saturated carbocycles. The van der Waals surface area contributed by atoms with E-state index in [0.717, 1.165) is 9.88 Å². The van der Waals surface area contributed by atoms with Crippen LogP contribution >= 0.6 is 11.3 Å². The molecule has 2 aromatic rings. The van der Waals surface area contributed by atoms with Crippen LogP contribution in [0.3, 0.4) is 0 Å². The number of hydrogen-bond acceptors (Lipinski definition) is 5. The van der Waals surface area contributed by atoms with Crippen LogP contribution in [-0.4, -0.2) is 13.4 Å². The second-order valence-corrected chi connectivity index (χ2v) is 7.27. The molecule has 1 aromatic heterocycles. The number of nitrogens with zero attached hydrogens (tertiary/aromatic N) is 1.